The standard InChI is InChI=1S/C66H50BN7.Pt/c1-44-21-18-22-45(2)64(44)67-73(48-25-10-7-11-26-48)61-41-54-52-30-13-15-33-56(52)72(63-39-46(37-38-68-63)66(3,4)5)60(54)42-62(61)74(67)50-28-19-27-49(40-50)69-43-70(58-35-17-16-34-57(58)69)59-36-20-31-53-51-29-12-14-32-55(51)71(65(53)59)47-23-8-6-9-24-47;/h6-39,41H,1-5H3;/q-2;. The summed E-state index contributed by atoms with van der Waals surface area (Å²) in [5.41, 5.74) is 18.2. The van der Waals surface area contributed by atoms with Gasteiger partial charge in [0.1, 0.15) is 5.82 Å². The number of benzene rings is 9. The van der Waals surface area contributed by atoms with Crippen LogP contribution in [0.4, 0.5) is 22.7 Å². The summed E-state index contributed by atoms with van der Waals surface area (Å²) in [4.78, 5) is 10.0. The maximum absolute atomic E-state index is 5.06. The zero-order valence-corrected chi connectivity index (χ0v) is 44.5. The molecular weight excluding hydrogens is 1100 g/mol. The van der Waals surface area contributed by atoms with Gasteiger partial charge in [-0.3, -0.25) is 4.57 Å². The van der Waals surface area contributed by atoms with Crippen molar-refractivity contribution < 1.29 is 25.6 Å². The van der Waals surface area contributed by atoms with E-state index in [9.17, 15) is 0 Å². The van der Waals surface area contributed by atoms with Gasteiger partial charge in [0.25, 0.3) is 6.33 Å². The van der Waals surface area contributed by atoms with Crippen molar-refractivity contribution in [3.63, 3.8) is 0 Å². The molecule has 0 N–H and O–H groups in total. The summed E-state index contributed by atoms with van der Waals surface area (Å²) >= 11 is 0. The number of hydrogen-bond acceptors (Lipinski definition) is 3. The summed E-state index contributed by atoms with van der Waals surface area (Å²) in [6.07, 6.45) is 5.84. The molecule has 364 valence electrons. The van der Waals surface area contributed by atoms with Crippen LogP contribution < -0.4 is 19.7 Å². The van der Waals surface area contributed by atoms with E-state index < -0.39 is 0 Å². The van der Waals surface area contributed by atoms with Crippen LogP contribution in [0.1, 0.15) is 37.5 Å². The second-order valence-corrected chi connectivity index (χ2v) is 20.6. The van der Waals surface area contributed by atoms with Gasteiger partial charge in [0.15, 0.2) is 0 Å². The summed E-state index contributed by atoms with van der Waals surface area (Å²) in [5.74, 6) is 0.868. The number of fused-ring (bicyclic) bond motifs is 8. The fourth-order valence-corrected chi connectivity index (χ4v) is 11.7. The third-order valence-corrected chi connectivity index (χ3v) is 15.1. The third kappa shape index (κ3) is 7.29. The first-order valence-corrected chi connectivity index (χ1v) is 25.4. The van der Waals surface area contributed by atoms with E-state index in [-0.39, 0.29) is 33.5 Å². The smallest absolute Gasteiger partial charge is 0.406 e. The van der Waals surface area contributed by atoms with Gasteiger partial charge < -0.3 is 23.3 Å². The van der Waals surface area contributed by atoms with Crippen LogP contribution in [0.2, 0.25) is 0 Å². The molecule has 7 nitrogen and oxygen atoms in total. The number of hydrogen-bond donors (Lipinski definition) is 0. The molecule has 0 atom stereocenters. The SMILES string of the molecule is Cc1cccc(C)c1B1N(c2[c-]c(-n3[c-][n+](-c4cccc5c6ccccc6n(-c6ccccc6)c45)c4ccccc43)ccc2)c2[c-]c3c(cc2N1c1ccccc1)c1ccccc1n3-c1cc(C(C)(C)C)ccn1.[Pt]. The summed E-state index contributed by atoms with van der Waals surface area (Å²) in [7, 11) is 0. The van der Waals surface area contributed by atoms with Crippen molar-refractivity contribution in [1.29, 1.82) is 0 Å². The Balaban J connectivity index is 0.00000541. The maximum Gasteiger partial charge on any atom is 0.406 e. The molecule has 5 heterocycles. The van der Waals surface area contributed by atoms with Gasteiger partial charge in [0.05, 0.1) is 27.8 Å². The van der Waals surface area contributed by atoms with E-state index in [1.165, 1.54) is 32.9 Å². The van der Waals surface area contributed by atoms with E-state index in [0.29, 0.717) is 0 Å². The van der Waals surface area contributed by atoms with Gasteiger partial charge in [0, 0.05) is 54.9 Å². The zero-order valence-electron chi connectivity index (χ0n) is 42.2. The molecule has 0 radical (unpaired) electrons. The molecule has 75 heavy (non-hydrogen) atoms. The van der Waals surface area contributed by atoms with E-state index in [1.54, 1.807) is 0 Å². The van der Waals surface area contributed by atoms with Crippen molar-refractivity contribution in [3.8, 4) is 22.9 Å². The number of para-hydroxylation sites is 7. The first kappa shape index (κ1) is 46.3. The van der Waals surface area contributed by atoms with Gasteiger partial charge >= 0.3 is 6.98 Å². The molecular formula is C66H50BN7Pt-2. The van der Waals surface area contributed by atoms with Crippen LogP contribution in [-0.4, -0.2) is 25.7 Å². The molecule has 0 spiro atoms. The fraction of sp³-hybridized carbons (Fsp3) is 0.0909. The second kappa shape index (κ2) is 17.9. The monoisotopic (exact) mass is 1150 g/mol. The molecule has 4 aromatic heterocycles. The Morgan fingerprint density at radius 2 is 1.12 bits per heavy atom. The number of imidazole rings is 1. The summed E-state index contributed by atoms with van der Waals surface area (Å²) in [5, 5.41) is 4.65. The summed E-state index contributed by atoms with van der Waals surface area (Å²) < 4.78 is 9.09. The van der Waals surface area contributed by atoms with Crippen LogP contribution in [0.15, 0.2) is 212 Å². The van der Waals surface area contributed by atoms with Gasteiger partial charge in [-0.15, -0.1) is 18.2 Å². The van der Waals surface area contributed by atoms with Crippen molar-refractivity contribution in [3.05, 3.63) is 248 Å². The average molecular weight is 1150 g/mol. The molecule has 0 bridgehead atoms. The predicted octanol–water partition coefficient (Wildman–Crippen LogP) is 14.5. The van der Waals surface area contributed by atoms with E-state index in [1.807, 2.05) is 6.20 Å². The second-order valence-electron chi connectivity index (χ2n) is 20.6. The Kier molecular flexibility index (Phi) is 11.1. The van der Waals surface area contributed by atoms with Gasteiger partial charge in [-0.2, -0.15) is 18.2 Å². The van der Waals surface area contributed by atoms with E-state index in [4.69, 9.17) is 4.98 Å². The first-order chi connectivity index (χ1) is 36.2. The molecule has 13 aromatic rings. The molecule has 0 saturated carbocycles. The number of aryl methyl sites for hydroxylation is 2. The summed E-state index contributed by atoms with van der Waals surface area (Å²) in [6, 6.07) is 82.1. The Hall–Kier alpha value is -8.45. The van der Waals surface area contributed by atoms with Crippen molar-refractivity contribution in [2.24, 2.45) is 0 Å². The minimum absolute atomic E-state index is 0. The molecule has 1 aliphatic rings. The fourth-order valence-electron chi connectivity index (χ4n) is 11.7. The normalized spacial score (nSPS) is 12.7. The van der Waals surface area contributed by atoms with Crippen LogP contribution >= 0.6 is 0 Å². The molecule has 14 rings (SSSR count). The van der Waals surface area contributed by atoms with Crippen LogP contribution in [0.25, 0.3) is 77.5 Å². The van der Waals surface area contributed by atoms with E-state index >= 15 is 0 Å². The molecule has 9 heteroatoms. The minimum Gasteiger partial charge on any atom is -0.415 e. The number of aromatic nitrogens is 5. The largest absolute Gasteiger partial charge is 0.415 e. The molecule has 0 unspecified atom stereocenters. The number of rotatable bonds is 7. The number of anilines is 4. The van der Waals surface area contributed by atoms with E-state index in [0.717, 1.165) is 89.5 Å². The zero-order chi connectivity index (χ0) is 49.8. The van der Waals surface area contributed by atoms with Crippen molar-refractivity contribution >= 4 is 89.8 Å². The van der Waals surface area contributed by atoms with Gasteiger partial charge in [-0.25, -0.2) is 4.98 Å². The number of pyridine rings is 1. The molecule has 0 amide bonds. The van der Waals surface area contributed by atoms with Gasteiger partial charge in [-0.05, 0) is 96.0 Å². The molecule has 0 aliphatic carbocycles. The van der Waals surface area contributed by atoms with Crippen LogP contribution in [0.3, 0.4) is 0 Å². The van der Waals surface area contributed by atoms with Crippen molar-refractivity contribution in [2.75, 3.05) is 9.62 Å². The molecule has 1 aliphatic heterocycles. The number of nitrogens with zero attached hydrogens (tertiary/aromatic N) is 7. The minimum atomic E-state index is -0.294. The van der Waals surface area contributed by atoms with Crippen LogP contribution in [-0.2, 0) is 26.5 Å². The van der Waals surface area contributed by atoms with Crippen LogP contribution in [0.5, 0.6) is 0 Å². The summed E-state index contributed by atoms with van der Waals surface area (Å²) in [6.45, 7) is 10.9. The Labute approximate surface area is 451 Å². The van der Waals surface area contributed by atoms with Gasteiger partial charge in [0.2, 0.25) is 0 Å². The third-order valence-electron chi connectivity index (χ3n) is 15.1. The van der Waals surface area contributed by atoms with Crippen LogP contribution in [0, 0.1) is 32.3 Å². The molecule has 0 fully saturated rings. The molecule has 9 aromatic carbocycles. The Bertz CT molecular complexity index is 4340. The first-order valence-electron chi connectivity index (χ1n) is 25.4. The maximum atomic E-state index is 5.06. The van der Waals surface area contributed by atoms with Crippen molar-refractivity contribution in [1.82, 2.24) is 18.7 Å². The average Bonchev–Trinajstić information content (AvgIpc) is 4.29. The Morgan fingerprint density at radius 1 is 0.520 bits per heavy atom. The predicted molar refractivity (Wildman–Crippen MR) is 305 cm³/mol. The van der Waals surface area contributed by atoms with Crippen molar-refractivity contribution in [2.45, 2.75) is 40.0 Å². The Morgan fingerprint density at radius 3 is 1.85 bits per heavy atom. The molecule has 0 saturated heterocycles. The topological polar surface area (TPSA) is 38.0 Å². The van der Waals surface area contributed by atoms with E-state index in [2.05, 4.69) is 287 Å². The quantitative estimate of drug-likeness (QED) is 0.0907. The van der Waals surface area contributed by atoms with Gasteiger partial charge in [-0.1, -0.05) is 187 Å².